The van der Waals surface area contributed by atoms with Gasteiger partial charge in [0, 0.05) is 36.3 Å². The van der Waals surface area contributed by atoms with Crippen molar-refractivity contribution in [3.8, 4) is 0 Å². The van der Waals surface area contributed by atoms with E-state index in [1.807, 2.05) is 24.0 Å². The number of hydrogen-bond donors (Lipinski definition) is 1. The number of aryl methyl sites for hydroxylation is 1. The highest BCUT2D eigenvalue weighted by atomic mass is 35.5. The Labute approximate surface area is 119 Å². The van der Waals surface area contributed by atoms with E-state index in [2.05, 4.69) is 12.2 Å². The Kier molecular flexibility index (Phi) is 5.45. The number of carbonyl (C=O) groups excluding carboxylic acids is 1. The van der Waals surface area contributed by atoms with Crippen LogP contribution in [0.2, 0.25) is 5.02 Å². The fourth-order valence-corrected chi connectivity index (χ4v) is 2.29. The molecule has 1 aromatic rings. The molecule has 1 unspecified atom stereocenters. The second-order valence-corrected chi connectivity index (χ2v) is 4.95. The lowest BCUT2D eigenvalue weighted by atomic mass is 10.1. The van der Waals surface area contributed by atoms with Gasteiger partial charge in [0.2, 0.25) is 0 Å². The molecule has 2 rings (SSSR count). The zero-order valence-electron chi connectivity index (χ0n) is 10.6. The van der Waals surface area contributed by atoms with Crippen molar-refractivity contribution in [2.45, 2.75) is 19.9 Å². The maximum atomic E-state index is 12.4. The van der Waals surface area contributed by atoms with Crippen molar-refractivity contribution in [3.63, 3.8) is 0 Å². The standard InChI is InChI=1S/C13H17ClN2O.ClH/c1-9-3-4-11(14)7-12(9)13(17)16-6-5-15-8-10(16)2;/h3-4,7,10,15H,5-6,8H2,1-2H3;1H. The number of rotatable bonds is 1. The first-order valence-electron chi connectivity index (χ1n) is 5.87. The molecule has 1 aliphatic rings. The minimum atomic E-state index is 0. The molecule has 1 amide bonds. The molecule has 0 saturated carbocycles. The van der Waals surface area contributed by atoms with Gasteiger partial charge >= 0.3 is 0 Å². The quantitative estimate of drug-likeness (QED) is 0.861. The van der Waals surface area contributed by atoms with Crippen LogP contribution in [0.25, 0.3) is 0 Å². The highest BCUT2D eigenvalue weighted by Crippen LogP contribution is 2.18. The third-order valence-electron chi connectivity index (χ3n) is 3.19. The van der Waals surface area contributed by atoms with Crippen LogP contribution >= 0.6 is 24.0 Å². The normalized spacial score (nSPS) is 19.3. The molecule has 1 aliphatic heterocycles. The smallest absolute Gasteiger partial charge is 0.254 e. The van der Waals surface area contributed by atoms with Crippen molar-refractivity contribution < 1.29 is 4.79 Å². The molecule has 0 bridgehead atoms. The Bertz CT molecular complexity index is 437. The number of carbonyl (C=O) groups is 1. The first-order chi connectivity index (χ1) is 8.09. The zero-order chi connectivity index (χ0) is 12.4. The fourth-order valence-electron chi connectivity index (χ4n) is 2.12. The molecular weight excluding hydrogens is 271 g/mol. The minimum absolute atomic E-state index is 0. The Morgan fingerprint density at radius 1 is 1.50 bits per heavy atom. The molecule has 5 heteroatoms. The summed E-state index contributed by atoms with van der Waals surface area (Å²) >= 11 is 5.95. The summed E-state index contributed by atoms with van der Waals surface area (Å²) in [5.74, 6) is 0.0824. The summed E-state index contributed by atoms with van der Waals surface area (Å²) in [4.78, 5) is 14.3. The topological polar surface area (TPSA) is 32.3 Å². The van der Waals surface area contributed by atoms with Gasteiger partial charge in [-0.2, -0.15) is 0 Å². The lowest BCUT2D eigenvalue weighted by Gasteiger charge is -2.34. The lowest BCUT2D eigenvalue weighted by molar-refractivity contribution is 0.0655. The van der Waals surface area contributed by atoms with Crippen LogP contribution < -0.4 is 5.32 Å². The molecule has 0 spiro atoms. The van der Waals surface area contributed by atoms with Crippen molar-refractivity contribution in [3.05, 3.63) is 34.3 Å². The number of halogens is 2. The minimum Gasteiger partial charge on any atom is -0.333 e. The van der Waals surface area contributed by atoms with E-state index in [4.69, 9.17) is 11.6 Å². The molecule has 1 N–H and O–H groups in total. The number of hydrogen-bond acceptors (Lipinski definition) is 2. The van der Waals surface area contributed by atoms with Crippen LogP contribution in [0, 0.1) is 6.92 Å². The van der Waals surface area contributed by atoms with Gasteiger partial charge in [-0.15, -0.1) is 12.4 Å². The average Bonchev–Trinajstić information content (AvgIpc) is 2.32. The summed E-state index contributed by atoms with van der Waals surface area (Å²) in [5, 5.41) is 3.89. The van der Waals surface area contributed by atoms with Gasteiger partial charge in [0.15, 0.2) is 0 Å². The third-order valence-corrected chi connectivity index (χ3v) is 3.43. The van der Waals surface area contributed by atoms with Crippen molar-refractivity contribution >= 4 is 29.9 Å². The molecule has 0 aromatic heterocycles. The van der Waals surface area contributed by atoms with Crippen LogP contribution in [0.5, 0.6) is 0 Å². The predicted octanol–water partition coefficient (Wildman–Crippen LogP) is 2.50. The SMILES string of the molecule is Cc1ccc(Cl)cc1C(=O)N1CCNCC1C.Cl. The van der Waals surface area contributed by atoms with E-state index in [0.29, 0.717) is 10.6 Å². The molecule has 100 valence electrons. The number of nitrogens with zero attached hydrogens (tertiary/aromatic N) is 1. The molecule has 1 atom stereocenters. The molecule has 1 heterocycles. The average molecular weight is 289 g/mol. The van der Waals surface area contributed by atoms with E-state index in [1.54, 1.807) is 6.07 Å². The van der Waals surface area contributed by atoms with Gasteiger partial charge in [0.25, 0.3) is 5.91 Å². The summed E-state index contributed by atoms with van der Waals surface area (Å²) in [6, 6.07) is 5.69. The fraction of sp³-hybridized carbons (Fsp3) is 0.462. The second kappa shape index (κ2) is 6.41. The van der Waals surface area contributed by atoms with Crippen molar-refractivity contribution in [2.24, 2.45) is 0 Å². The molecule has 3 nitrogen and oxygen atoms in total. The molecule has 0 radical (unpaired) electrons. The monoisotopic (exact) mass is 288 g/mol. The van der Waals surface area contributed by atoms with Gasteiger partial charge in [0.05, 0.1) is 0 Å². The van der Waals surface area contributed by atoms with Gasteiger partial charge in [-0.25, -0.2) is 0 Å². The predicted molar refractivity (Wildman–Crippen MR) is 76.8 cm³/mol. The van der Waals surface area contributed by atoms with Gasteiger partial charge in [-0.1, -0.05) is 17.7 Å². The third kappa shape index (κ3) is 3.16. The Hall–Kier alpha value is -0.770. The van der Waals surface area contributed by atoms with Gasteiger partial charge in [0.1, 0.15) is 0 Å². The van der Waals surface area contributed by atoms with Crippen molar-refractivity contribution in [2.75, 3.05) is 19.6 Å². The Morgan fingerprint density at radius 3 is 2.89 bits per heavy atom. The molecular formula is C13H18Cl2N2O. The lowest BCUT2D eigenvalue weighted by Crippen LogP contribution is -2.52. The van der Waals surface area contributed by atoms with E-state index < -0.39 is 0 Å². The first kappa shape index (κ1) is 15.3. The van der Waals surface area contributed by atoms with Gasteiger partial charge < -0.3 is 10.2 Å². The molecule has 1 aromatic carbocycles. The Balaban J connectivity index is 0.00000162. The Morgan fingerprint density at radius 2 is 2.22 bits per heavy atom. The van der Waals surface area contributed by atoms with Crippen molar-refractivity contribution in [1.82, 2.24) is 10.2 Å². The number of amides is 1. The van der Waals surface area contributed by atoms with Crippen LogP contribution in [0.1, 0.15) is 22.8 Å². The maximum absolute atomic E-state index is 12.4. The van der Waals surface area contributed by atoms with Crippen LogP contribution in [-0.4, -0.2) is 36.5 Å². The van der Waals surface area contributed by atoms with Gasteiger partial charge in [-0.3, -0.25) is 4.79 Å². The summed E-state index contributed by atoms with van der Waals surface area (Å²) < 4.78 is 0. The van der Waals surface area contributed by atoms with Crippen LogP contribution in [0.15, 0.2) is 18.2 Å². The van der Waals surface area contributed by atoms with E-state index in [-0.39, 0.29) is 24.4 Å². The second-order valence-electron chi connectivity index (χ2n) is 4.51. The van der Waals surface area contributed by atoms with Crippen LogP contribution in [0.4, 0.5) is 0 Å². The van der Waals surface area contributed by atoms with E-state index in [9.17, 15) is 4.79 Å². The highest BCUT2D eigenvalue weighted by molar-refractivity contribution is 6.31. The summed E-state index contributed by atoms with van der Waals surface area (Å²) in [6.07, 6.45) is 0. The largest absolute Gasteiger partial charge is 0.333 e. The molecule has 1 fully saturated rings. The molecule has 1 saturated heterocycles. The van der Waals surface area contributed by atoms with Crippen LogP contribution in [0.3, 0.4) is 0 Å². The van der Waals surface area contributed by atoms with Crippen molar-refractivity contribution in [1.29, 1.82) is 0 Å². The van der Waals surface area contributed by atoms with Gasteiger partial charge in [-0.05, 0) is 31.5 Å². The number of benzene rings is 1. The van der Waals surface area contributed by atoms with Crippen LogP contribution in [-0.2, 0) is 0 Å². The number of piperazine rings is 1. The van der Waals surface area contributed by atoms with E-state index in [1.165, 1.54) is 0 Å². The van der Waals surface area contributed by atoms with E-state index >= 15 is 0 Å². The summed E-state index contributed by atoms with van der Waals surface area (Å²) in [5.41, 5.74) is 1.69. The first-order valence-corrected chi connectivity index (χ1v) is 6.25. The highest BCUT2D eigenvalue weighted by Gasteiger charge is 2.24. The summed E-state index contributed by atoms with van der Waals surface area (Å²) in [6.45, 7) is 6.47. The maximum Gasteiger partial charge on any atom is 0.254 e. The number of nitrogens with one attached hydrogen (secondary N) is 1. The van der Waals surface area contributed by atoms with E-state index in [0.717, 1.165) is 25.2 Å². The summed E-state index contributed by atoms with van der Waals surface area (Å²) in [7, 11) is 0. The molecule has 0 aliphatic carbocycles. The zero-order valence-corrected chi connectivity index (χ0v) is 12.1. The molecule has 18 heavy (non-hydrogen) atoms.